The van der Waals surface area contributed by atoms with Crippen LogP contribution in [-0.2, 0) is 16.1 Å². The lowest BCUT2D eigenvalue weighted by molar-refractivity contribution is -0.137. The Balaban J connectivity index is 1.70. The van der Waals surface area contributed by atoms with Gasteiger partial charge in [0.25, 0.3) is 11.8 Å². The topological polar surface area (TPSA) is 58.6 Å². The van der Waals surface area contributed by atoms with Crippen LogP contribution in [-0.4, -0.2) is 23.8 Å². The summed E-state index contributed by atoms with van der Waals surface area (Å²) in [7, 11) is 1.57. The highest BCUT2D eigenvalue weighted by molar-refractivity contribution is 6.36. The number of ether oxygens (including phenoxy) is 1. The number of methoxy groups -OCH3 is 1. The van der Waals surface area contributed by atoms with Crippen LogP contribution in [0.25, 0.3) is 5.57 Å². The summed E-state index contributed by atoms with van der Waals surface area (Å²) in [6.45, 7) is 0.117. The summed E-state index contributed by atoms with van der Waals surface area (Å²) in [6.07, 6.45) is 0. The van der Waals surface area contributed by atoms with Gasteiger partial charge in [-0.1, -0.05) is 48.5 Å². The van der Waals surface area contributed by atoms with E-state index in [0.717, 1.165) is 5.56 Å². The lowest BCUT2D eigenvalue weighted by atomic mass is 10.0. The van der Waals surface area contributed by atoms with E-state index < -0.39 is 17.6 Å². The van der Waals surface area contributed by atoms with Crippen molar-refractivity contribution < 1.29 is 18.7 Å². The molecule has 0 unspecified atom stereocenters. The van der Waals surface area contributed by atoms with E-state index in [1.807, 2.05) is 6.07 Å². The van der Waals surface area contributed by atoms with Crippen molar-refractivity contribution in [2.75, 3.05) is 12.4 Å². The van der Waals surface area contributed by atoms with Crippen LogP contribution in [0.15, 0.2) is 84.6 Å². The summed E-state index contributed by atoms with van der Waals surface area (Å²) < 4.78 is 18.8. The zero-order valence-electron chi connectivity index (χ0n) is 16.3. The number of hydrogen-bond donors (Lipinski definition) is 1. The molecule has 0 saturated carbocycles. The van der Waals surface area contributed by atoms with Gasteiger partial charge in [0.15, 0.2) is 0 Å². The highest BCUT2D eigenvalue weighted by atomic mass is 19.1. The molecule has 3 aromatic rings. The van der Waals surface area contributed by atoms with Crippen molar-refractivity contribution in [3.05, 3.63) is 102 Å². The van der Waals surface area contributed by atoms with E-state index in [4.69, 9.17) is 4.74 Å². The average Bonchev–Trinajstić information content (AvgIpc) is 2.99. The standard InChI is InChI=1S/C24H19FN2O3/c1-30-20-12-10-16(11-13-20)15-27-23(28)21(17-6-3-2-4-7-17)22(24(27)29)26-19-9-5-8-18(25)14-19/h2-14,26H,15H2,1H3. The molecule has 1 aliphatic rings. The van der Waals surface area contributed by atoms with Crippen molar-refractivity contribution in [2.24, 2.45) is 0 Å². The van der Waals surface area contributed by atoms with Crippen molar-refractivity contribution in [3.8, 4) is 5.75 Å². The third kappa shape index (κ3) is 3.80. The highest BCUT2D eigenvalue weighted by Crippen LogP contribution is 2.31. The van der Waals surface area contributed by atoms with Gasteiger partial charge in [0, 0.05) is 5.69 Å². The fourth-order valence-corrected chi connectivity index (χ4v) is 3.33. The maximum absolute atomic E-state index is 13.6. The fraction of sp³-hybridized carbons (Fsp3) is 0.0833. The number of benzene rings is 3. The van der Waals surface area contributed by atoms with Gasteiger partial charge in [-0.25, -0.2) is 4.39 Å². The molecule has 3 aromatic carbocycles. The number of anilines is 1. The number of carbonyl (C=O) groups is 2. The Morgan fingerprint density at radius 1 is 0.900 bits per heavy atom. The van der Waals surface area contributed by atoms with Gasteiger partial charge in [-0.15, -0.1) is 0 Å². The van der Waals surface area contributed by atoms with E-state index in [0.29, 0.717) is 17.0 Å². The average molecular weight is 402 g/mol. The third-order valence-electron chi connectivity index (χ3n) is 4.82. The van der Waals surface area contributed by atoms with Crippen molar-refractivity contribution in [3.63, 3.8) is 0 Å². The third-order valence-corrected chi connectivity index (χ3v) is 4.82. The van der Waals surface area contributed by atoms with Gasteiger partial charge in [0.05, 0.1) is 19.2 Å². The number of halogens is 1. The summed E-state index contributed by atoms with van der Waals surface area (Å²) in [4.78, 5) is 27.6. The second-order valence-corrected chi connectivity index (χ2v) is 6.80. The maximum atomic E-state index is 13.6. The van der Waals surface area contributed by atoms with Crippen LogP contribution in [0.2, 0.25) is 0 Å². The lowest BCUT2D eigenvalue weighted by Gasteiger charge is -2.15. The molecule has 150 valence electrons. The second kappa shape index (κ2) is 8.21. The molecule has 4 rings (SSSR count). The molecule has 0 saturated heterocycles. The molecule has 30 heavy (non-hydrogen) atoms. The molecule has 0 spiro atoms. The van der Waals surface area contributed by atoms with E-state index in [1.54, 1.807) is 61.7 Å². The van der Waals surface area contributed by atoms with Crippen LogP contribution < -0.4 is 10.1 Å². The molecule has 1 heterocycles. The van der Waals surface area contributed by atoms with Crippen molar-refractivity contribution in [2.45, 2.75) is 6.54 Å². The van der Waals surface area contributed by atoms with E-state index >= 15 is 0 Å². The number of nitrogens with one attached hydrogen (secondary N) is 1. The van der Waals surface area contributed by atoms with Crippen molar-refractivity contribution >= 4 is 23.1 Å². The molecular weight excluding hydrogens is 383 g/mol. The van der Waals surface area contributed by atoms with Gasteiger partial charge in [-0.3, -0.25) is 14.5 Å². The predicted molar refractivity (Wildman–Crippen MR) is 112 cm³/mol. The largest absolute Gasteiger partial charge is 0.497 e. The SMILES string of the molecule is COc1ccc(CN2C(=O)C(Nc3cccc(F)c3)=C(c3ccccc3)C2=O)cc1. The first-order chi connectivity index (χ1) is 14.6. The number of amides is 2. The summed E-state index contributed by atoms with van der Waals surface area (Å²) in [5, 5.41) is 2.95. The molecule has 1 aliphatic heterocycles. The quantitative estimate of drug-likeness (QED) is 0.627. The molecule has 1 N–H and O–H groups in total. The van der Waals surface area contributed by atoms with Crippen molar-refractivity contribution in [1.82, 2.24) is 4.90 Å². The maximum Gasteiger partial charge on any atom is 0.278 e. The number of hydrogen-bond acceptors (Lipinski definition) is 4. The smallest absolute Gasteiger partial charge is 0.278 e. The van der Waals surface area contributed by atoms with Gasteiger partial charge in [-0.2, -0.15) is 0 Å². The Bertz CT molecular complexity index is 1120. The Hall–Kier alpha value is -3.93. The Labute approximate surface area is 173 Å². The second-order valence-electron chi connectivity index (χ2n) is 6.80. The molecule has 6 heteroatoms. The first-order valence-corrected chi connectivity index (χ1v) is 9.38. The van der Waals surface area contributed by atoms with E-state index in [-0.39, 0.29) is 17.8 Å². The normalized spacial score (nSPS) is 13.7. The van der Waals surface area contributed by atoms with Crippen LogP contribution in [0.3, 0.4) is 0 Å². The molecular formula is C24H19FN2O3. The van der Waals surface area contributed by atoms with Crippen LogP contribution >= 0.6 is 0 Å². The van der Waals surface area contributed by atoms with Crippen LogP contribution in [0.5, 0.6) is 5.75 Å². The number of imide groups is 1. The van der Waals surface area contributed by atoms with Gasteiger partial charge in [0.1, 0.15) is 17.3 Å². The molecule has 2 amide bonds. The zero-order valence-corrected chi connectivity index (χ0v) is 16.3. The summed E-state index contributed by atoms with van der Waals surface area (Å²) in [5.74, 6) is -0.608. The minimum Gasteiger partial charge on any atom is -0.497 e. The van der Waals surface area contributed by atoms with Gasteiger partial charge < -0.3 is 10.1 Å². The number of nitrogens with zero attached hydrogens (tertiary/aromatic N) is 1. The Kier molecular flexibility index (Phi) is 5.30. The minimum absolute atomic E-state index is 0.117. The molecule has 0 fully saturated rings. The van der Waals surface area contributed by atoms with Crippen LogP contribution in [0.1, 0.15) is 11.1 Å². The Morgan fingerprint density at radius 2 is 1.63 bits per heavy atom. The van der Waals surface area contributed by atoms with Gasteiger partial charge in [-0.05, 0) is 41.5 Å². The number of carbonyl (C=O) groups excluding carboxylic acids is 2. The molecule has 0 aliphatic carbocycles. The van der Waals surface area contributed by atoms with Crippen LogP contribution in [0.4, 0.5) is 10.1 Å². The zero-order chi connectivity index (χ0) is 21.1. The number of rotatable bonds is 6. The Morgan fingerprint density at radius 3 is 2.30 bits per heavy atom. The first kappa shape index (κ1) is 19.4. The molecule has 0 aromatic heterocycles. The highest BCUT2D eigenvalue weighted by Gasteiger charge is 2.39. The van der Waals surface area contributed by atoms with E-state index in [2.05, 4.69) is 5.32 Å². The first-order valence-electron chi connectivity index (χ1n) is 9.38. The fourth-order valence-electron chi connectivity index (χ4n) is 3.33. The summed E-state index contributed by atoms with van der Waals surface area (Å²) in [5.41, 5.74) is 2.19. The van der Waals surface area contributed by atoms with Crippen LogP contribution in [0, 0.1) is 5.82 Å². The molecule has 0 radical (unpaired) electrons. The monoisotopic (exact) mass is 402 g/mol. The van der Waals surface area contributed by atoms with Gasteiger partial charge in [0.2, 0.25) is 0 Å². The summed E-state index contributed by atoms with van der Waals surface area (Å²) >= 11 is 0. The molecule has 5 nitrogen and oxygen atoms in total. The molecule has 0 atom stereocenters. The van der Waals surface area contributed by atoms with E-state index in [1.165, 1.54) is 23.1 Å². The summed E-state index contributed by atoms with van der Waals surface area (Å²) in [6, 6.07) is 21.9. The van der Waals surface area contributed by atoms with Crippen molar-refractivity contribution in [1.29, 1.82) is 0 Å². The predicted octanol–water partition coefficient (Wildman–Crippen LogP) is 4.23. The van der Waals surface area contributed by atoms with Gasteiger partial charge >= 0.3 is 0 Å². The van der Waals surface area contributed by atoms with E-state index in [9.17, 15) is 14.0 Å². The minimum atomic E-state index is -0.459. The molecule has 0 bridgehead atoms. The lowest BCUT2D eigenvalue weighted by Crippen LogP contribution is -2.32.